The van der Waals surface area contributed by atoms with Gasteiger partial charge in [0, 0.05) is 17.7 Å². The van der Waals surface area contributed by atoms with Crippen molar-refractivity contribution in [3.8, 4) is 5.75 Å². The van der Waals surface area contributed by atoms with E-state index in [-0.39, 0.29) is 30.7 Å². The molecule has 0 fully saturated rings. The summed E-state index contributed by atoms with van der Waals surface area (Å²) in [5.41, 5.74) is 1.43. The minimum absolute atomic E-state index is 0.178. The molecule has 0 radical (unpaired) electrons. The fourth-order valence-electron chi connectivity index (χ4n) is 2.86. The van der Waals surface area contributed by atoms with Crippen molar-refractivity contribution in [2.24, 2.45) is 0 Å². The molecule has 0 aliphatic carbocycles. The molecule has 0 N–H and O–H groups in total. The molecule has 0 aliphatic rings. The van der Waals surface area contributed by atoms with Gasteiger partial charge in [-0.15, -0.1) is 6.58 Å². The van der Waals surface area contributed by atoms with E-state index in [4.69, 9.17) is 4.74 Å². The number of anilines is 1. The Kier molecular flexibility index (Phi) is 6.53. The van der Waals surface area contributed by atoms with E-state index in [1.165, 1.54) is 29.2 Å². The lowest BCUT2D eigenvalue weighted by Crippen LogP contribution is -2.36. The van der Waals surface area contributed by atoms with Crippen molar-refractivity contribution >= 4 is 17.4 Å². The van der Waals surface area contributed by atoms with Gasteiger partial charge in [-0.25, -0.2) is 4.39 Å². The average Bonchev–Trinajstić information content (AvgIpc) is 2.77. The van der Waals surface area contributed by atoms with Gasteiger partial charge in [-0.2, -0.15) is 0 Å². The van der Waals surface area contributed by atoms with Gasteiger partial charge in [-0.3, -0.25) is 9.59 Å². The summed E-state index contributed by atoms with van der Waals surface area (Å²) in [5.74, 6) is -0.526. The van der Waals surface area contributed by atoms with E-state index in [2.05, 4.69) is 6.58 Å². The molecule has 0 unspecified atom stereocenters. The fourth-order valence-corrected chi connectivity index (χ4v) is 2.86. The number of hydrogen-bond donors (Lipinski definition) is 0. The number of ketones is 1. The van der Waals surface area contributed by atoms with Gasteiger partial charge in [0.15, 0.2) is 12.4 Å². The second-order valence-corrected chi connectivity index (χ2v) is 6.25. The Bertz CT molecular complexity index is 1000. The number of hydrogen-bond acceptors (Lipinski definition) is 3. The normalized spacial score (nSPS) is 10.2. The summed E-state index contributed by atoms with van der Waals surface area (Å²) in [6.45, 7) is 3.66. The minimum atomic E-state index is -0.384. The van der Waals surface area contributed by atoms with Crippen molar-refractivity contribution in [1.82, 2.24) is 0 Å². The van der Waals surface area contributed by atoms with Gasteiger partial charge in [-0.1, -0.05) is 48.5 Å². The zero-order valence-corrected chi connectivity index (χ0v) is 15.8. The lowest BCUT2D eigenvalue weighted by molar-refractivity contribution is -0.120. The number of nitrogens with zero attached hydrogens (tertiary/aromatic N) is 1. The Hall–Kier alpha value is -3.73. The van der Waals surface area contributed by atoms with Gasteiger partial charge in [0.1, 0.15) is 11.6 Å². The van der Waals surface area contributed by atoms with E-state index in [0.717, 1.165) is 0 Å². The standard InChI is InChI=1S/C24H20FNO3/c1-2-16-26(23(27)17-29-20-14-12-19(25)13-15-20)22-11-7-6-10-21(22)24(28)18-8-4-3-5-9-18/h2-15H,1,16-17H2. The van der Waals surface area contributed by atoms with E-state index in [0.29, 0.717) is 22.6 Å². The van der Waals surface area contributed by atoms with E-state index in [9.17, 15) is 14.0 Å². The van der Waals surface area contributed by atoms with Gasteiger partial charge in [0.25, 0.3) is 5.91 Å². The molecular formula is C24H20FNO3. The van der Waals surface area contributed by atoms with Crippen molar-refractivity contribution in [3.63, 3.8) is 0 Å². The maximum atomic E-state index is 13.0. The van der Waals surface area contributed by atoms with Crippen LogP contribution in [0.1, 0.15) is 15.9 Å². The third-order valence-electron chi connectivity index (χ3n) is 4.26. The molecule has 0 bridgehead atoms. The molecule has 0 saturated carbocycles. The van der Waals surface area contributed by atoms with Crippen LogP contribution in [-0.4, -0.2) is 24.8 Å². The summed E-state index contributed by atoms with van der Waals surface area (Å²) in [5, 5.41) is 0. The fraction of sp³-hybridized carbons (Fsp3) is 0.0833. The van der Waals surface area contributed by atoms with Gasteiger partial charge in [-0.05, 0) is 36.4 Å². The molecule has 3 aromatic carbocycles. The van der Waals surface area contributed by atoms with Crippen LogP contribution >= 0.6 is 0 Å². The summed E-state index contributed by atoms with van der Waals surface area (Å²) in [4.78, 5) is 27.3. The Morgan fingerprint density at radius 2 is 1.59 bits per heavy atom. The quantitative estimate of drug-likeness (QED) is 0.416. The van der Waals surface area contributed by atoms with Crippen LogP contribution in [0.5, 0.6) is 5.75 Å². The first-order valence-corrected chi connectivity index (χ1v) is 9.08. The summed E-state index contributed by atoms with van der Waals surface area (Å²) in [6.07, 6.45) is 1.58. The molecule has 29 heavy (non-hydrogen) atoms. The van der Waals surface area contributed by atoms with Crippen LogP contribution in [0.25, 0.3) is 0 Å². The number of carbonyl (C=O) groups excluding carboxylic acids is 2. The maximum Gasteiger partial charge on any atom is 0.265 e. The number of ether oxygens (including phenoxy) is 1. The second-order valence-electron chi connectivity index (χ2n) is 6.25. The van der Waals surface area contributed by atoms with Crippen molar-refractivity contribution in [1.29, 1.82) is 0 Å². The highest BCUT2D eigenvalue weighted by Gasteiger charge is 2.22. The lowest BCUT2D eigenvalue weighted by Gasteiger charge is -2.24. The minimum Gasteiger partial charge on any atom is -0.484 e. The molecule has 0 aromatic heterocycles. The Morgan fingerprint density at radius 3 is 2.28 bits per heavy atom. The van der Waals surface area contributed by atoms with Gasteiger partial charge < -0.3 is 9.64 Å². The molecule has 0 aliphatic heterocycles. The highest BCUT2D eigenvalue weighted by molar-refractivity contribution is 6.14. The smallest absolute Gasteiger partial charge is 0.265 e. The monoisotopic (exact) mass is 389 g/mol. The van der Waals surface area contributed by atoms with Crippen LogP contribution in [0.2, 0.25) is 0 Å². The van der Waals surface area contributed by atoms with Crippen LogP contribution in [0.4, 0.5) is 10.1 Å². The van der Waals surface area contributed by atoms with Crippen LogP contribution in [-0.2, 0) is 4.79 Å². The number of carbonyl (C=O) groups is 2. The summed E-state index contributed by atoms with van der Waals surface area (Å²) in [7, 11) is 0. The topological polar surface area (TPSA) is 46.6 Å². The summed E-state index contributed by atoms with van der Waals surface area (Å²) < 4.78 is 18.5. The Labute approximate surface area is 168 Å². The van der Waals surface area contributed by atoms with Crippen LogP contribution in [0, 0.1) is 5.82 Å². The van der Waals surface area contributed by atoms with Crippen molar-refractivity contribution < 1.29 is 18.7 Å². The second kappa shape index (κ2) is 9.46. The van der Waals surface area contributed by atoms with E-state index in [1.807, 2.05) is 6.07 Å². The number of rotatable bonds is 8. The molecule has 1 amide bonds. The molecule has 5 heteroatoms. The molecule has 0 atom stereocenters. The molecule has 0 heterocycles. The third-order valence-corrected chi connectivity index (χ3v) is 4.26. The van der Waals surface area contributed by atoms with Gasteiger partial charge in [0.05, 0.1) is 5.69 Å². The number of para-hydroxylation sites is 1. The van der Waals surface area contributed by atoms with Crippen molar-refractivity contribution in [2.75, 3.05) is 18.1 Å². The first kappa shape index (κ1) is 20.0. The first-order chi connectivity index (χ1) is 14.1. The van der Waals surface area contributed by atoms with Crippen LogP contribution in [0.3, 0.4) is 0 Å². The van der Waals surface area contributed by atoms with Crippen LogP contribution < -0.4 is 9.64 Å². The number of benzene rings is 3. The Balaban J connectivity index is 1.85. The Morgan fingerprint density at radius 1 is 0.931 bits per heavy atom. The highest BCUT2D eigenvalue weighted by atomic mass is 19.1. The molecule has 0 saturated heterocycles. The highest BCUT2D eigenvalue weighted by Crippen LogP contribution is 2.24. The average molecular weight is 389 g/mol. The van der Waals surface area contributed by atoms with Crippen molar-refractivity contribution in [3.05, 3.63) is 108 Å². The number of amides is 1. The van der Waals surface area contributed by atoms with E-state index < -0.39 is 0 Å². The maximum absolute atomic E-state index is 13.0. The third kappa shape index (κ3) is 4.96. The predicted molar refractivity (Wildman–Crippen MR) is 111 cm³/mol. The van der Waals surface area contributed by atoms with Crippen molar-refractivity contribution in [2.45, 2.75) is 0 Å². The molecule has 3 rings (SSSR count). The predicted octanol–water partition coefficient (Wildman–Crippen LogP) is 4.65. The zero-order valence-electron chi connectivity index (χ0n) is 15.8. The van der Waals surface area contributed by atoms with Gasteiger partial charge in [0.2, 0.25) is 0 Å². The SMILES string of the molecule is C=CCN(C(=O)COc1ccc(F)cc1)c1ccccc1C(=O)c1ccccc1. The molecular weight excluding hydrogens is 369 g/mol. The number of halogens is 1. The molecule has 146 valence electrons. The zero-order chi connectivity index (χ0) is 20.6. The molecule has 3 aromatic rings. The first-order valence-electron chi connectivity index (χ1n) is 9.08. The molecule has 0 spiro atoms. The van der Waals surface area contributed by atoms with E-state index in [1.54, 1.807) is 54.6 Å². The largest absolute Gasteiger partial charge is 0.484 e. The van der Waals surface area contributed by atoms with Crippen LogP contribution in [0.15, 0.2) is 91.5 Å². The van der Waals surface area contributed by atoms with E-state index >= 15 is 0 Å². The lowest BCUT2D eigenvalue weighted by atomic mass is 10.0. The summed E-state index contributed by atoms with van der Waals surface area (Å²) >= 11 is 0. The summed E-state index contributed by atoms with van der Waals surface area (Å²) in [6, 6.07) is 21.2. The molecule has 4 nitrogen and oxygen atoms in total. The van der Waals surface area contributed by atoms with Gasteiger partial charge >= 0.3 is 0 Å².